The number of anilines is 1. The van der Waals surface area contributed by atoms with Crippen molar-refractivity contribution in [1.29, 1.82) is 0 Å². The molecule has 0 saturated carbocycles. The fourth-order valence-corrected chi connectivity index (χ4v) is 2.34. The lowest BCUT2D eigenvalue weighted by molar-refractivity contribution is 1.12. The molecule has 2 aromatic carbocycles. The maximum atomic E-state index is 3.57. The van der Waals surface area contributed by atoms with Crippen molar-refractivity contribution in [2.45, 2.75) is 20.4 Å². The summed E-state index contributed by atoms with van der Waals surface area (Å²) in [5, 5.41) is 3.51. The van der Waals surface area contributed by atoms with Crippen LogP contribution in [0.1, 0.15) is 16.7 Å². The van der Waals surface area contributed by atoms with Gasteiger partial charge in [0.1, 0.15) is 0 Å². The molecule has 0 aliphatic carbocycles. The van der Waals surface area contributed by atoms with Crippen LogP contribution in [0.5, 0.6) is 0 Å². The maximum absolute atomic E-state index is 3.57. The van der Waals surface area contributed by atoms with Crippen LogP contribution in [0.25, 0.3) is 0 Å². The lowest BCUT2D eigenvalue weighted by Crippen LogP contribution is -2.03. The second-order valence-corrected chi connectivity index (χ2v) is 5.07. The molecule has 0 amide bonds. The Kier molecular flexibility index (Phi) is 3.85. The van der Waals surface area contributed by atoms with E-state index in [1.54, 1.807) is 0 Å². The zero-order valence-electron chi connectivity index (χ0n) is 10.1. The van der Waals surface area contributed by atoms with Gasteiger partial charge in [-0.3, -0.25) is 0 Å². The predicted molar refractivity (Wildman–Crippen MR) is 77.4 cm³/mol. The molecule has 0 radical (unpaired) electrons. The standard InChI is InChI=1S/C15H16BrN/c1-11-6-5-7-12(2)15(11)17-10-13-8-3-4-9-14(13)16/h3-9,17H,10H2,1-2H3. The summed E-state index contributed by atoms with van der Waals surface area (Å²) in [5.74, 6) is 0. The van der Waals surface area contributed by atoms with Gasteiger partial charge in [-0.15, -0.1) is 0 Å². The highest BCUT2D eigenvalue weighted by atomic mass is 79.9. The molecule has 0 unspecified atom stereocenters. The fourth-order valence-electron chi connectivity index (χ4n) is 1.92. The summed E-state index contributed by atoms with van der Waals surface area (Å²) >= 11 is 3.57. The maximum Gasteiger partial charge on any atom is 0.0412 e. The van der Waals surface area contributed by atoms with Gasteiger partial charge in [0.2, 0.25) is 0 Å². The first-order chi connectivity index (χ1) is 8.18. The smallest absolute Gasteiger partial charge is 0.0412 e. The highest BCUT2D eigenvalue weighted by Gasteiger charge is 2.02. The number of benzene rings is 2. The van der Waals surface area contributed by atoms with Crippen LogP contribution in [0.3, 0.4) is 0 Å². The number of hydrogen-bond donors (Lipinski definition) is 1. The van der Waals surface area contributed by atoms with E-state index in [0.717, 1.165) is 11.0 Å². The molecule has 1 nitrogen and oxygen atoms in total. The molecule has 1 N–H and O–H groups in total. The normalized spacial score (nSPS) is 10.3. The summed E-state index contributed by atoms with van der Waals surface area (Å²) in [6, 6.07) is 14.7. The van der Waals surface area contributed by atoms with Gasteiger partial charge >= 0.3 is 0 Å². The van der Waals surface area contributed by atoms with Gasteiger partial charge in [-0.1, -0.05) is 52.3 Å². The van der Waals surface area contributed by atoms with E-state index in [1.165, 1.54) is 22.4 Å². The van der Waals surface area contributed by atoms with Crippen LogP contribution in [-0.4, -0.2) is 0 Å². The SMILES string of the molecule is Cc1cccc(C)c1NCc1ccccc1Br. The molecule has 2 heteroatoms. The van der Waals surface area contributed by atoms with Crippen LogP contribution in [0, 0.1) is 13.8 Å². The molecular weight excluding hydrogens is 274 g/mol. The summed E-state index contributed by atoms with van der Waals surface area (Å²) in [6.07, 6.45) is 0. The van der Waals surface area contributed by atoms with Gasteiger partial charge in [-0.2, -0.15) is 0 Å². The number of rotatable bonds is 3. The van der Waals surface area contributed by atoms with Gasteiger partial charge in [0.25, 0.3) is 0 Å². The Morgan fingerprint density at radius 2 is 1.59 bits per heavy atom. The van der Waals surface area contributed by atoms with Gasteiger partial charge in [-0.05, 0) is 36.6 Å². The fraction of sp³-hybridized carbons (Fsp3) is 0.200. The van der Waals surface area contributed by atoms with Crippen LogP contribution >= 0.6 is 15.9 Å². The molecule has 2 rings (SSSR count). The molecule has 0 aliphatic heterocycles. The summed E-state index contributed by atoms with van der Waals surface area (Å²) in [4.78, 5) is 0. The van der Waals surface area contributed by atoms with Crippen LogP contribution in [0.15, 0.2) is 46.9 Å². The first-order valence-corrected chi connectivity index (χ1v) is 6.51. The lowest BCUT2D eigenvalue weighted by Gasteiger charge is -2.13. The monoisotopic (exact) mass is 289 g/mol. The van der Waals surface area contributed by atoms with Crippen molar-refractivity contribution in [1.82, 2.24) is 0 Å². The zero-order chi connectivity index (χ0) is 12.3. The van der Waals surface area contributed by atoms with Crippen molar-refractivity contribution in [2.75, 3.05) is 5.32 Å². The minimum Gasteiger partial charge on any atom is -0.380 e. The largest absolute Gasteiger partial charge is 0.380 e. The topological polar surface area (TPSA) is 12.0 Å². The van der Waals surface area contributed by atoms with Crippen LogP contribution < -0.4 is 5.32 Å². The molecule has 17 heavy (non-hydrogen) atoms. The Balaban J connectivity index is 2.16. The van der Waals surface area contributed by atoms with E-state index in [2.05, 4.69) is 71.5 Å². The molecular formula is C15H16BrN. The van der Waals surface area contributed by atoms with Gasteiger partial charge in [0.15, 0.2) is 0 Å². The summed E-state index contributed by atoms with van der Waals surface area (Å²) in [7, 11) is 0. The number of halogens is 1. The minimum absolute atomic E-state index is 0.840. The molecule has 0 atom stereocenters. The van der Waals surface area contributed by atoms with Crippen LogP contribution in [-0.2, 0) is 6.54 Å². The third-order valence-corrected chi connectivity index (χ3v) is 3.67. The lowest BCUT2D eigenvalue weighted by atomic mass is 10.1. The van der Waals surface area contributed by atoms with Crippen molar-refractivity contribution >= 4 is 21.6 Å². The second-order valence-electron chi connectivity index (χ2n) is 4.21. The number of nitrogens with one attached hydrogen (secondary N) is 1. The number of para-hydroxylation sites is 1. The van der Waals surface area contributed by atoms with Gasteiger partial charge < -0.3 is 5.32 Å². The molecule has 0 aliphatic rings. The molecule has 88 valence electrons. The third kappa shape index (κ3) is 2.89. The van der Waals surface area contributed by atoms with E-state index in [0.29, 0.717) is 0 Å². The number of aryl methyl sites for hydroxylation is 2. The Bertz CT molecular complexity index is 500. The highest BCUT2D eigenvalue weighted by molar-refractivity contribution is 9.10. The van der Waals surface area contributed by atoms with Crippen molar-refractivity contribution in [2.24, 2.45) is 0 Å². The molecule has 0 saturated heterocycles. The summed E-state index contributed by atoms with van der Waals surface area (Å²) in [5.41, 5.74) is 5.09. The average molecular weight is 290 g/mol. The van der Waals surface area contributed by atoms with E-state index in [9.17, 15) is 0 Å². The first-order valence-electron chi connectivity index (χ1n) is 5.72. The Hall–Kier alpha value is -1.28. The van der Waals surface area contributed by atoms with Gasteiger partial charge in [0, 0.05) is 16.7 Å². The van der Waals surface area contributed by atoms with Crippen molar-refractivity contribution < 1.29 is 0 Å². The van der Waals surface area contributed by atoms with Crippen molar-refractivity contribution in [3.05, 3.63) is 63.6 Å². The average Bonchev–Trinajstić information content (AvgIpc) is 2.30. The van der Waals surface area contributed by atoms with E-state index < -0.39 is 0 Å². The zero-order valence-corrected chi connectivity index (χ0v) is 11.7. The third-order valence-electron chi connectivity index (χ3n) is 2.89. The molecule has 0 bridgehead atoms. The predicted octanol–water partition coefficient (Wildman–Crippen LogP) is 4.68. The highest BCUT2D eigenvalue weighted by Crippen LogP contribution is 2.22. The Morgan fingerprint density at radius 1 is 0.941 bits per heavy atom. The molecule has 0 aromatic heterocycles. The van der Waals surface area contributed by atoms with Crippen molar-refractivity contribution in [3.63, 3.8) is 0 Å². The number of hydrogen-bond acceptors (Lipinski definition) is 1. The Labute approximate surface area is 111 Å². The van der Waals surface area contributed by atoms with Crippen molar-refractivity contribution in [3.8, 4) is 0 Å². The van der Waals surface area contributed by atoms with Gasteiger partial charge in [0.05, 0.1) is 0 Å². The molecule has 0 spiro atoms. The minimum atomic E-state index is 0.840. The summed E-state index contributed by atoms with van der Waals surface area (Å²) in [6.45, 7) is 5.11. The van der Waals surface area contributed by atoms with E-state index in [1.807, 2.05) is 6.07 Å². The van der Waals surface area contributed by atoms with E-state index >= 15 is 0 Å². The van der Waals surface area contributed by atoms with Crippen LogP contribution in [0.4, 0.5) is 5.69 Å². The Morgan fingerprint density at radius 3 is 2.24 bits per heavy atom. The first kappa shape index (κ1) is 12.2. The molecule has 0 heterocycles. The van der Waals surface area contributed by atoms with E-state index in [-0.39, 0.29) is 0 Å². The van der Waals surface area contributed by atoms with Crippen LogP contribution in [0.2, 0.25) is 0 Å². The quantitative estimate of drug-likeness (QED) is 0.865. The molecule has 2 aromatic rings. The molecule has 0 fully saturated rings. The second kappa shape index (κ2) is 5.37. The van der Waals surface area contributed by atoms with Gasteiger partial charge in [-0.25, -0.2) is 0 Å². The summed E-state index contributed by atoms with van der Waals surface area (Å²) < 4.78 is 1.15. The van der Waals surface area contributed by atoms with E-state index in [4.69, 9.17) is 0 Å².